The Bertz CT molecular complexity index is 697. The van der Waals surface area contributed by atoms with E-state index >= 15 is 0 Å². The van der Waals surface area contributed by atoms with Gasteiger partial charge in [-0.05, 0) is 31.0 Å². The molecule has 0 aliphatic carbocycles. The molecule has 0 fully saturated rings. The van der Waals surface area contributed by atoms with Crippen LogP contribution in [-0.4, -0.2) is 47.4 Å². The molecule has 0 aromatic heterocycles. The SMILES string of the molecule is CCCNC(=O)c1ccc(C)c(NC2=CC(=O)N(CCO)C2=O)c1. The van der Waals surface area contributed by atoms with Gasteiger partial charge in [0, 0.05) is 23.9 Å². The zero-order valence-corrected chi connectivity index (χ0v) is 13.8. The summed E-state index contributed by atoms with van der Waals surface area (Å²) >= 11 is 0. The summed E-state index contributed by atoms with van der Waals surface area (Å²) in [6.45, 7) is 4.06. The molecule has 1 heterocycles. The summed E-state index contributed by atoms with van der Waals surface area (Å²) in [6, 6.07) is 5.13. The number of carbonyl (C=O) groups is 3. The van der Waals surface area contributed by atoms with E-state index in [4.69, 9.17) is 5.11 Å². The van der Waals surface area contributed by atoms with Crippen molar-refractivity contribution in [3.8, 4) is 0 Å². The second kappa shape index (κ2) is 7.74. The molecule has 0 atom stereocenters. The first-order chi connectivity index (χ1) is 11.5. The molecule has 128 valence electrons. The van der Waals surface area contributed by atoms with Gasteiger partial charge in [0.1, 0.15) is 5.70 Å². The monoisotopic (exact) mass is 331 g/mol. The highest BCUT2D eigenvalue weighted by Gasteiger charge is 2.30. The van der Waals surface area contributed by atoms with Crippen LogP contribution >= 0.6 is 0 Å². The van der Waals surface area contributed by atoms with Crippen LogP contribution in [0, 0.1) is 6.92 Å². The summed E-state index contributed by atoms with van der Waals surface area (Å²) in [6.07, 6.45) is 2.04. The lowest BCUT2D eigenvalue weighted by atomic mass is 10.1. The number of nitrogens with zero attached hydrogens (tertiary/aromatic N) is 1. The summed E-state index contributed by atoms with van der Waals surface area (Å²) in [5.41, 5.74) is 2.02. The number of anilines is 1. The van der Waals surface area contributed by atoms with Crippen molar-refractivity contribution >= 4 is 23.4 Å². The Labute approximate surface area is 140 Å². The standard InChI is InChI=1S/C17H21N3O4/c1-3-6-18-16(23)12-5-4-11(2)13(9-12)19-14-10-15(22)20(7-8-21)17(14)24/h4-5,9-10,19,21H,3,6-8H2,1-2H3,(H,18,23). The van der Waals surface area contributed by atoms with Crippen LogP contribution in [-0.2, 0) is 9.59 Å². The van der Waals surface area contributed by atoms with E-state index in [1.807, 2.05) is 13.8 Å². The Balaban J connectivity index is 2.18. The van der Waals surface area contributed by atoms with E-state index in [1.54, 1.807) is 18.2 Å². The number of rotatable bonds is 7. The van der Waals surface area contributed by atoms with Crippen LogP contribution in [0.1, 0.15) is 29.3 Å². The van der Waals surface area contributed by atoms with Crippen LogP contribution in [0.5, 0.6) is 0 Å². The lowest BCUT2D eigenvalue weighted by Gasteiger charge is -2.15. The first kappa shape index (κ1) is 17.7. The van der Waals surface area contributed by atoms with Crippen molar-refractivity contribution in [1.82, 2.24) is 10.2 Å². The molecule has 1 aromatic rings. The van der Waals surface area contributed by atoms with Gasteiger partial charge >= 0.3 is 0 Å². The minimum absolute atomic E-state index is 0.0439. The number of aliphatic hydroxyl groups excluding tert-OH is 1. The molecule has 7 nitrogen and oxygen atoms in total. The van der Waals surface area contributed by atoms with E-state index in [2.05, 4.69) is 10.6 Å². The number of nitrogens with one attached hydrogen (secondary N) is 2. The van der Waals surface area contributed by atoms with Gasteiger partial charge in [0.2, 0.25) is 0 Å². The van der Waals surface area contributed by atoms with Crippen LogP contribution in [0.2, 0.25) is 0 Å². The lowest BCUT2D eigenvalue weighted by molar-refractivity contribution is -0.137. The molecule has 0 radical (unpaired) electrons. The quantitative estimate of drug-likeness (QED) is 0.642. The topological polar surface area (TPSA) is 98.7 Å². The van der Waals surface area contributed by atoms with Crippen LogP contribution in [0.4, 0.5) is 5.69 Å². The van der Waals surface area contributed by atoms with Crippen molar-refractivity contribution in [3.63, 3.8) is 0 Å². The van der Waals surface area contributed by atoms with Gasteiger partial charge in [-0.2, -0.15) is 0 Å². The first-order valence-electron chi connectivity index (χ1n) is 7.82. The number of hydrogen-bond donors (Lipinski definition) is 3. The van der Waals surface area contributed by atoms with Crippen LogP contribution < -0.4 is 10.6 Å². The maximum Gasteiger partial charge on any atom is 0.277 e. The molecule has 0 unspecified atom stereocenters. The number of carbonyl (C=O) groups excluding carboxylic acids is 3. The van der Waals surface area contributed by atoms with E-state index in [9.17, 15) is 14.4 Å². The number of hydrogen-bond acceptors (Lipinski definition) is 5. The highest BCUT2D eigenvalue weighted by Crippen LogP contribution is 2.22. The van der Waals surface area contributed by atoms with Crippen molar-refractivity contribution in [2.75, 3.05) is 25.0 Å². The second-order valence-corrected chi connectivity index (χ2v) is 5.49. The maximum absolute atomic E-state index is 12.2. The predicted octanol–water partition coefficient (Wildman–Crippen LogP) is 0.792. The molecular weight excluding hydrogens is 310 g/mol. The molecule has 2 rings (SSSR count). The van der Waals surface area contributed by atoms with Crippen molar-refractivity contribution < 1.29 is 19.5 Å². The number of imide groups is 1. The summed E-state index contributed by atoms with van der Waals surface area (Å²) < 4.78 is 0. The fourth-order valence-corrected chi connectivity index (χ4v) is 2.29. The lowest BCUT2D eigenvalue weighted by Crippen LogP contribution is -2.34. The predicted molar refractivity (Wildman–Crippen MR) is 89.3 cm³/mol. The van der Waals surface area contributed by atoms with Gasteiger partial charge in [0.25, 0.3) is 17.7 Å². The highest BCUT2D eigenvalue weighted by atomic mass is 16.3. The minimum atomic E-state index is -0.491. The molecule has 0 bridgehead atoms. The molecule has 0 spiro atoms. The van der Waals surface area contributed by atoms with Crippen molar-refractivity contribution in [2.24, 2.45) is 0 Å². The zero-order valence-electron chi connectivity index (χ0n) is 13.8. The molecule has 1 aliphatic rings. The van der Waals surface area contributed by atoms with Crippen molar-refractivity contribution in [2.45, 2.75) is 20.3 Å². The molecule has 3 N–H and O–H groups in total. The van der Waals surface area contributed by atoms with Gasteiger partial charge in [-0.25, -0.2) is 0 Å². The third-order valence-corrected chi connectivity index (χ3v) is 3.64. The zero-order chi connectivity index (χ0) is 17.7. The van der Waals surface area contributed by atoms with Crippen LogP contribution in [0.25, 0.3) is 0 Å². The Kier molecular flexibility index (Phi) is 5.70. The van der Waals surface area contributed by atoms with Gasteiger partial charge in [0.05, 0.1) is 13.2 Å². The maximum atomic E-state index is 12.2. The fourth-order valence-electron chi connectivity index (χ4n) is 2.29. The smallest absolute Gasteiger partial charge is 0.277 e. The molecule has 24 heavy (non-hydrogen) atoms. The van der Waals surface area contributed by atoms with Gasteiger partial charge in [-0.15, -0.1) is 0 Å². The van der Waals surface area contributed by atoms with E-state index in [1.165, 1.54) is 6.08 Å². The Morgan fingerprint density at radius 1 is 1.29 bits per heavy atom. The fraction of sp³-hybridized carbons (Fsp3) is 0.353. The molecule has 3 amide bonds. The van der Waals surface area contributed by atoms with Crippen LogP contribution in [0.15, 0.2) is 30.0 Å². The van der Waals surface area contributed by atoms with Gasteiger partial charge in [0.15, 0.2) is 0 Å². The summed E-state index contributed by atoms with van der Waals surface area (Å²) in [5.74, 6) is -1.15. The van der Waals surface area contributed by atoms with E-state index in [0.717, 1.165) is 16.9 Å². The van der Waals surface area contributed by atoms with Gasteiger partial charge in [-0.3, -0.25) is 19.3 Å². The molecule has 1 aliphatic heterocycles. The van der Waals surface area contributed by atoms with Gasteiger partial charge < -0.3 is 15.7 Å². The molecular formula is C17H21N3O4. The summed E-state index contributed by atoms with van der Waals surface area (Å²) in [5, 5.41) is 14.6. The minimum Gasteiger partial charge on any atom is -0.395 e. The number of amides is 3. The third-order valence-electron chi connectivity index (χ3n) is 3.64. The Morgan fingerprint density at radius 2 is 2.04 bits per heavy atom. The van der Waals surface area contributed by atoms with E-state index < -0.39 is 11.8 Å². The first-order valence-corrected chi connectivity index (χ1v) is 7.82. The van der Waals surface area contributed by atoms with E-state index in [-0.39, 0.29) is 24.8 Å². The van der Waals surface area contributed by atoms with E-state index in [0.29, 0.717) is 17.8 Å². The third kappa shape index (κ3) is 3.80. The van der Waals surface area contributed by atoms with Crippen LogP contribution in [0.3, 0.4) is 0 Å². The number of β-amino-alcohol motifs (C(OH)–C–C–N with tert-alkyl or cyclic N) is 1. The molecule has 0 saturated carbocycles. The molecule has 1 aromatic carbocycles. The normalized spacial score (nSPS) is 14.0. The average Bonchev–Trinajstić information content (AvgIpc) is 2.82. The molecule has 0 saturated heterocycles. The summed E-state index contributed by atoms with van der Waals surface area (Å²) in [4.78, 5) is 36.9. The highest BCUT2D eigenvalue weighted by molar-refractivity contribution is 6.17. The number of benzene rings is 1. The number of aryl methyl sites for hydroxylation is 1. The second-order valence-electron chi connectivity index (χ2n) is 5.49. The molecule has 7 heteroatoms. The Hall–Kier alpha value is -2.67. The number of aliphatic hydroxyl groups is 1. The Morgan fingerprint density at radius 3 is 2.71 bits per heavy atom. The van der Waals surface area contributed by atoms with Gasteiger partial charge in [-0.1, -0.05) is 13.0 Å². The van der Waals surface area contributed by atoms with Crippen molar-refractivity contribution in [1.29, 1.82) is 0 Å². The largest absolute Gasteiger partial charge is 0.395 e. The summed E-state index contributed by atoms with van der Waals surface area (Å²) in [7, 11) is 0. The van der Waals surface area contributed by atoms with Crippen molar-refractivity contribution in [3.05, 3.63) is 41.1 Å². The average molecular weight is 331 g/mol.